The number of fused-ring (bicyclic) bond motifs is 1. The highest BCUT2D eigenvalue weighted by atomic mass is 35.5. The fraction of sp³-hybridized carbons (Fsp3) is 0.444. The first kappa shape index (κ1) is 16.8. The van der Waals surface area contributed by atoms with Gasteiger partial charge in [-0.05, 0) is 68.4 Å². The van der Waals surface area contributed by atoms with Crippen molar-refractivity contribution in [1.29, 1.82) is 0 Å². The average Bonchev–Trinajstić information content (AvgIpc) is 2.46. The summed E-state index contributed by atoms with van der Waals surface area (Å²) in [7, 11) is 0. The van der Waals surface area contributed by atoms with Crippen LogP contribution in [-0.4, -0.2) is 16.1 Å². The van der Waals surface area contributed by atoms with Crippen molar-refractivity contribution in [1.82, 2.24) is 4.98 Å². The predicted molar refractivity (Wildman–Crippen MR) is 90.8 cm³/mol. The molecule has 4 heteroatoms. The lowest BCUT2D eigenvalue weighted by Crippen LogP contribution is -2.02. The zero-order valence-electron chi connectivity index (χ0n) is 13.4. The highest BCUT2D eigenvalue weighted by Gasteiger charge is 2.12. The van der Waals surface area contributed by atoms with E-state index in [2.05, 4.69) is 13.8 Å². The third-order valence-electron chi connectivity index (χ3n) is 4.15. The molecule has 0 amide bonds. The van der Waals surface area contributed by atoms with E-state index >= 15 is 0 Å². The van der Waals surface area contributed by atoms with E-state index < -0.39 is 5.97 Å². The molecule has 0 aliphatic carbocycles. The van der Waals surface area contributed by atoms with Gasteiger partial charge in [-0.3, -0.25) is 9.78 Å². The molecule has 1 heterocycles. The number of aryl methyl sites for hydroxylation is 3. The Morgan fingerprint density at radius 3 is 2.64 bits per heavy atom. The molecule has 3 nitrogen and oxygen atoms in total. The molecule has 0 unspecified atom stereocenters. The molecule has 22 heavy (non-hydrogen) atoms. The predicted octanol–water partition coefficient (Wildman–Crippen LogP) is 4.86. The number of aliphatic carboxylic acids is 1. The van der Waals surface area contributed by atoms with Crippen LogP contribution < -0.4 is 0 Å². The Morgan fingerprint density at radius 1 is 1.27 bits per heavy atom. The second kappa shape index (κ2) is 7.10. The molecule has 0 fully saturated rings. The Hall–Kier alpha value is -1.61. The van der Waals surface area contributed by atoms with Crippen molar-refractivity contribution in [3.63, 3.8) is 0 Å². The quantitative estimate of drug-likeness (QED) is 0.773. The van der Waals surface area contributed by atoms with Crippen molar-refractivity contribution in [3.8, 4) is 0 Å². The number of carboxylic acids is 1. The summed E-state index contributed by atoms with van der Waals surface area (Å²) in [6, 6.07) is 4.04. The van der Waals surface area contributed by atoms with E-state index in [1.165, 1.54) is 11.1 Å². The first-order chi connectivity index (χ1) is 10.4. The summed E-state index contributed by atoms with van der Waals surface area (Å²) < 4.78 is 0. The molecule has 0 bridgehead atoms. The van der Waals surface area contributed by atoms with Crippen LogP contribution in [0.3, 0.4) is 0 Å². The van der Waals surface area contributed by atoms with E-state index in [9.17, 15) is 4.79 Å². The largest absolute Gasteiger partial charge is 0.481 e. The van der Waals surface area contributed by atoms with E-state index in [1.807, 2.05) is 19.1 Å². The number of nitrogens with zero attached hydrogens (tertiary/aromatic N) is 1. The van der Waals surface area contributed by atoms with Crippen LogP contribution in [0.2, 0.25) is 5.02 Å². The van der Waals surface area contributed by atoms with Crippen LogP contribution in [0.25, 0.3) is 10.9 Å². The third kappa shape index (κ3) is 3.58. The maximum Gasteiger partial charge on any atom is 0.303 e. The maximum absolute atomic E-state index is 10.6. The number of benzene rings is 1. The van der Waals surface area contributed by atoms with Gasteiger partial charge in [-0.15, -0.1) is 0 Å². The molecule has 0 radical (unpaired) electrons. The van der Waals surface area contributed by atoms with Gasteiger partial charge in [0.05, 0.1) is 5.52 Å². The van der Waals surface area contributed by atoms with E-state index in [0.29, 0.717) is 6.42 Å². The molecular formula is C18H22ClNO2. The zero-order chi connectivity index (χ0) is 16.3. The van der Waals surface area contributed by atoms with Crippen LogP contribution in [0.1, 0.15) is 48.6 Å². The smallest absolute Gasteiger partial charge is 0.303 e. The van der Waals surface area contributed by atoms with Gasteiger partial charge in [0.25, 0.3) is 0 Å². The molecule has 1 aromatic heterocycles. The van der Waals surface area contributed by atoms with Gasteiger partial charge in [-0.25, -0.2) is 0 Å². The van der Waals surface area contributed by atoms with Crippen molar-refractivity contribution in [2.45, 2.75) is 52.9 Å². The van der Waals surface area contributed by atoms with Crippen LogP contribution in [0.15, 0.2) is 12.1 Å². The van der Waals surface area contributed by atoms with E-state index in [-0.39, 0.29) is 6.42 Å². The van der Waals surface area contributed by atoms with Gasteiger partial charge in [-0.2, -0.15) is 0 Å². The number of carboxylic acid groups (broad SMARTS) is 1. The Morgan fingerprint density at radius 2 is 2.00 bits per heavy atom. The minimum Gasteiger partial charge on any atom is -0.481 e. The van der Waals surface area contributed by atoms with Crippen LogP contribution >= 0.6 is 11.6 Å². The van der Waals surface area contributed by atoms with Gasteiger partial charge in [0.1, 0.15) is 0 Å². The molecule has 0 spiro atoms. The van der Waals surface area contributed by atoms with Gasteiger partial charge >= 0.3 is 5.97 Å². The minimum absolute atomic E-state index is 0.225. The van der Waals surface area contributed by atoms with Crippen LogP contribution in [-0.2, 0) is 17.6 Å². The SMILES string of the molecule is CCc1nc2cc(C)c(Cl)cc2c(CCCCC(=O)O)c1C. The minimum atomic E-state index is -0.732. The fourth-order valence-corrected chi connectivity index (χ4v) is 3.01. The fourth-order valence-electron chi connectivity index (χ4n) is 2.85. The lowest BCUT2D eigenvalue weighted by Gasteiger charge is -2.15. The van der Waals surface area contributed by atoms with Gasteiger partial charge < -0.3 is 5.11 Å². The van der Waals surface area contributed by atoms with Gasteiger partial charge in [0.2, 0.25) is 0 Å². The van der Waals surface area contributed by atoms with Crippen LogP contribution in [0.4, 0.5) is 0 Å². The van der Waals surface area contributed by atoms with Crippen LogP contribution in [0.5, 0.6) is 0 Å². The van der Waals surface area contributed by atoms with E-state index in [1.54, 1.807) is 0 Å². The number of aromatic nitrogens is 1. The van der Waals surface area contributed by atoms with Crippen molar-refractivity contribution < 1.29 is 9.90 Å². The molecular weight excluding hydrogens is 298 g/mol. The second-order valence-corrected chi connectivity index (χ2v) is 6.14. The van der Waals surface area contributed by atoms with Gasteiger partial charge in [0, 0.05) is 22.5 Å². The average molecular weight is 320 g/mol. The topological polar surface area (TPSA) is 50.2 Å². The van der Waals surface area contributed by atoms with Gasteiger partial charge in [-0.1, -0.05) is 18.5 Å². The standard InChI is InChI=1S/C18H22ClNO2/c1-4-16-12(3)13(7-5-6-8-18(21)22)14-10-15(19)11(2)9-17(14)20-16/h9-10H,4-8H2,1-3H3,(H,21,22). The summed E-state index contributed by atoms with van der Waals surface area (Å²) in [5.74, 6) is -0.732. The maximum atomic E-state index is 10.6. The summed E-state index contributed by atoms with van der Waals surface area (Å²) >= 11 is 6.28. The number of unbranched alkanes of at least 4 members (excludes halogenated alkanes) is 1. The first-order valence-electron chi connectivity index (χ1n) is 7.74. The number of hydrogen-bond donors (Lipinski definition) is 1. The summed E-state index contributed by atoms with van der Waals surface area (Å²) in [6.07, 6.45) is 3.54. The Balaban J connectivity index is 2.42. The van der Waals surface area contributed by atoms with E-state index in [0.717, 1.165) is 46.4 Å². The third-order valence-corrected chi connectivity index (χ3v) is 4.55. The summed E-state index contributed by atoms with van der Waals surface area (Å²) in [5.41, 5.74) is 5.60. The van der Waals surface area contributed by atoms with Gasteiger partial charge in [0.15, 0.2) is 0 Å². The number of halogens is 1. The Bertz CT molecular complexity index is 710. The lowest BCUT2D eigenvalue weighted by atomic mass is 9.95. The first-order valence-corrected chi connectivity index (χ1v) is 8.11. The molecule has 1 aromatic carbocycles. The molecule has 0 aliphatic heterocycles. The zero-order valence-corrected chi connectivity index (χ0v) is 14.1. The van der Waals surface area contributed by atoms with Crippen molar-refractivity contribution in [3.05, 3.63) is 39.5 Å². The second-order valence-electron chi connectivity index (χ2n) is 5.73. The van der Waals surface area contributed by atoms with Crippen molar-refractivity contribution >= 4 is 28.5 Å². The highest BCUT2D eigenvalue weighted by molar-refractivity contribution is 6.32. The molecule has 0 saturated heterocycles. The highest BCUT2D eigenvalue weighted by Crippen LogP contribution is 2.29. The molecule has 2 rings (SSSR count). The summed E-state index contributed by atoms with van der Waals surface area (Å²) in [4.78, 5) is 15.4. The number of carbonyl (C=O) groups is 1. The Labute approximate surface area is 136 Å². The molecule has 0 atom stereocenters. The molecule has 2 aromatic rings. The normalized spacial score (nSPS) is 11.1. The monoisotopic (exact) mass is 319 g/mol. The molecule has 1 N–H and O–H groups in total. The molecule has 0 aliphatic rings. The number of rotatable bonds is 6. The van der Waals surface area contributed by atoms with Crippen molar-refractivity contribution in [2.75, 3.05) is 0 Å². The molecule has 0 saturated carbocycles. The number of pyridine rings is 1. The summed E-state index contributed by atoms with van der Waals surface area (Å²) in [5, 5.41) is 10.6. The van der Waals surface area contributed by atoms with E-state index in [4.69, 9.17) is 21.7 Å². The van der Waals surface area contributed by atoms with Crippen LogP contribution in [0, 0.1) is 13.8 Å². The molecule has 118 valence electrons. The summed E-state index contributed by atoms with van der Waals surface area (Å²) in [6.45, 7) is 6.20. The lowest BCUT2D eigenvalue weighted by molar-refractivity contribution is -0.137. The Kier molecular flexibility index (Phi) is 5.41. The van der Waals surface area contributed by atoms with Crippen molar-refractivity contribution in [2.24, 2.45) is 0 Å². The number of hydrogen-bond acceptors (Lipinski definition) is 2.